The second-order valence-electron chi connectivity index (χ2n) is 6.53. The van der Waals surface area contributed by atoms with Crippen molar-refractivity contribution in [1.82, 2.24) is 24.9 Å². The van der Waals surface area contributed by atoms with Crippen molar-refractivity contribution in [3.63, 3.8) is 0 Å². The van der Waals surface area contributed by atoms with E-state index in [4.69, 9.17) is 0 Å². The molecule has 1 fully saturated rings. The highest BCUT2D eigenvalue weighted by atomic mass is 35.5. The fraction of sp³-hybridized carbons (Fsp3) is 0.412. The van der Waals surface area contributed by atoms with Crippen LogP contribution >= 0.6 is 12.4 Å². The minimum atomic E-state index is -3.64. The molecule has 0 aromatic carbocycles. The maximum atomic E-state index is 13.0. The summed E-state index contributed by atoms with van der Waals surface area (Å²) in [6, 6.07) is 4.78. The summed E-state index contributed by atoms with van der Waals surface area (Å²) < 4.78 is 27.0. The smallest absolute Gasteiger partial charge is 0.270 e. The fourth-order valence-electron chi connectivity index (χ4n) is 3.00. The highest BCUT2D eigenvalue weighted by Crippen LogP contribution is 2.24. The van der Waals surface area contributed by atoms with E-state index in [-0.39, 0.29) is 41.0 Å². The van der Waals surface area contributed by atoms with Gasteiger partial charge in [-0.15, -0.1) is 12.4 Å². The summed E-state index contributed by atoms with van der Waals surface area (Å²) in [7, 11) is -3.64. The molecule has 148 valence electrons. The second-order valence-corrected chi connectivity index (χ2v) is 8.24. The molecular formula is C17H24ClN5O3S. The van der Waals surface area contributed by atoms with Crippen molar-refractivity contribution >= 4 is 28.3 Å². The number of rotatable bonds is 5. The van der Waals surface area contributed by atoms with Gasteiger partial charge in [-0.3, -0.25) is 9.78 Å². The van der Waals surface area contributed by atoms with Gasteiger partial charge in [0, 0.05) is 44.3 Å². The second kappa shape index (κ2) is 8.83. The zero-order valence-electron chi connectivity index (χ0n) is 15.2. The first-order chi connectivity index (χ1) is 12.4. The first-order valence-electron chi connectivity index (χ1n) is 8.51. The minimum absolute atomic E-state index is 0. The fourth-order valence-corrected chi connectivity index (χ4v) is 4.25. The molecule has 1 atom stereocenters. The number of aromatic amines is 1. The zero-order chi connectivity index (χ0) is 18.7. The lowest BCUT2D eigenvalue weighted by Crippen LogP contribution is -2.48. The molecule has 1 saturated heterocycles. The Morgan fingerprint density at radius 2 is 2.19 bits per heavy atom. The van der Waals surface area contributed by atoms with Crippen LogP contribution in [0.25, 0.3) is 0 Å². The summed E-state index contributed by atoms with van der Waals surface area (Å²) in [5.74, 6) is -0.230. The van der Waals surface area contributed by atoms with E-state index >= 15 is 0 Å². The molecule has 3 heterocycles. The van der Waals surface area contributed by atoms with Crippen LogP contribution in [0.15, 0.2) is 41.7 Å². The van der Waals surface area contributed by atoms with Crippen molar-refractivity contribution in [3.05, 3.63) is 48.0 Å². The van der Waals surface area contributed by atoms with Crippen molar-refractivity contribution in [2.45, 2.75) is 30.8 Å². The molecule has 1 aliphatic heterocycles. The van der Waals surface area contributed by atoms with Crippen molar-refractivity contribution in [3.8, 4) is 0 Å². The molecule has 0 saturated carbocycles. The maximum absolute atomic E-state index is 13.0. The summed E-state index contributed by atoms with van der Waals surface area (Å²) >= 11 is 0. The Bertz CT molecular complexity index is 870. The predicted octanol–water partition coefficient (Wildman–Crippen LogP) is 1.30. The number of hydrogen-bond donors (Lipinski definition) is 3. The lowest BCUT2D eigenvalue weighted by molar-refractivity contribution is 0.0628. The monoisotopic (exact) mass is 413 g/mol. The molecule has 10 heteroatoms. The molecule has 3 N–H and O–H groups in total. The van der Waals surface area contributed by atoms with Gasteiger partial charge in [-0.2, -0.15) is 0 Å². The normalized spacial score (nSPS) is 17.6. The quantitative estimate of drug-likeness (QED) is 0.685. The molecule has 27 heavy (non-hydrogen) atoms. The predicted molar refractivity (Wildman–Crippen MR) is 104 cm³/mol. The van der Waals surface area contributed by atoms with Crippen LogP contribution in [0.3, 0.4) is 0 Å². The number of carbonyl (C=O) groups excluding carboxylic acids is 1. The van der Waals surface area contributed by atoms with Gasteiger partial charge in [0.05, 0.1) is 6.04 Å². The molecule has 0 bridgehead atoms. The van der Waals surface area contributed by atoms with Crippen LogP contribution in [0, 0.1) is 0 Å². The third-order valence-electron chi connectivity index (χ3n) is 4.16. The van der Waals surface area contributed by atoms with E-state index in [0.29, 0.717) is 19.6 Å². The van der Waals surface area contributed by atoms with Crippen LogP contribution in [0.4, 0.5) is 0 Å². The standard InChI is InChI=1S/C17H23N5O3S.ClH/c1-12(2)21-26(24,25)14-8-15(20-10-14)17(23)22-7-6-19-11-16(22)13-4-3-5-18-9-13;/h3-5,8-10,12,16,19-21H,6-7,11H2,1-2H3;1H. The van der Waals surface area contributed by atoms with E-state index in [9.17, 15) is 13.2 Å². The highest BCUT2D eigenvalue weighted by Gasteiger charge is 2.30. The van der Waals surface area contributed by atoms with Gasteiger partial charge < -0.3 is 15.2 Å². The lowest BCUT2D eigenvalue weighted by atomic mass is 10.0. The van der Waals surface area contributed by atoms with Gasteiger partial charge in [0.2, 0.25) is 10.0 Å². The molecule has 0 spiro atoms. The minimum Gasteiger partial charge on any atom is -0.356 e. The Morgan fingerprint density at radius 1 is 1.41 bits per heavy atom. The Labute approximate surface area is 165 Å². The Hall–Kier alpha value is -1.94. The number of hydrogen-bond acceptors (Lipinski definition) is 5. The third kappa shape index (κ3) is 4.86. The SMILES string of the molecule is CC(C)NS(=O)(=O)c1c[nH]c(C(=O)N2CCNCC2c2cccnc2)c1.Cl. The number of halogens is 1. The van der Waals surface area contributed by atoms with Crippen LogP contribution in [0.5, 0.6) is 0 Å². The van der Waals surface area contributed by atoms with Gasteiger partial charge in [-0.1, -0.05) is 6.07 Å². The van der Waals surface area contributed by atoms with Crippen molar-refractivity contribution in [2.75, 3.05) is 19.6 Å². The molecule has 1 amide bonds. The molecule has 1 unspecified atom stereocenters. The van der Waals surface area contributed by atoms with E-state index in [2.05, 4.69) is 20.0 Å². The van der Waals surface area contributed by atoms with Crippen LogP contribution in [0.2, 0.25) is 0 Å². The number of sulfonamides is 1. The van der Waals surface area contributed by atoms with E-state index < -0.39 is 10.0 Å². The van der Waals surface area contributed by atoms with Gasteiger partial charge in [-0.05, 0) is 31.5 Å². The molecule has 2 aromatic heterocycles. The molecule has 3 rings (SSSR count). The van der Waals surface area contributed by atoms with Gasteiger partial charge in [-0.25, -0.2) is 13.1 Å². The first kappa shape index (κ1) is 21.4. The van der Waals surface area contributed by atoms with E-state index in [1.54, 1.807) is 31.1 Å². The Morgan fingerprint density at radius 3 is 2.85 bits per heavy atom. The van der Waals surface area contributed by atoms with Gasteiger partial charge >= 0.3 is 0 Å². The number of pyridine rings is 1. The Balaban J connectivity index is 0.00000261. The summed E-state index contributed by atoms with van der Waals surface area (Å²) in [6.07, 6.45) is 4.78. The summed E-state index contributed by atoms with van der Waals surface area (Å²) in [4.78, 5) is 21.7. The number of H-pyrrole nitrogens is 1. The average Bonchev–Trinajstić information content (AvgIpc) is 3.12. The number of aromatic nitrogens is 2. The van der Waals surface area contributed by atoms with E-state index in [1.807, 2.05) is 12.1 Å². The van der Waals surface area contributed by atoms with Crippen LogP contribution in [-0.4, -0.2) is 54.9 Å². The number of nitrogens with zero attached hydrogens (tertiary/aromatic N) is 2. The van der Waals surface area contributed by atoms with Crippen molar-refractivity contribution in [1.29, 1.82) is 0 Å². The van der Waals surface area contributed by atoms with E-state index in [0.717, 1.165) is 5.56 Å². The topological polar surface area (TPSA) is 107 Å². The average molecular weight is 414 g/mol. The first-order valence-corrected chi connectivity index (χ1v) is 9.99. The van der Waals surface area contributed by atoms with Crippen molar-refractivity contribution in [2.24, 2.45) is 0 Å². The number of carbonyl (C=O) groups is 1. The third-order valence-corrected chi connectivity index (χ3v) is 5.80. The number of amides is 1. The zero-order valence-corrected chi connectivity index (χ0v) is 16.8. The van der Waals surface area contributed by atoms with Gasteiger partial charge in [0.1, 0.15) is 10.6 Å². The lowest BCUT2D eigenvalue weighted by Gasteiger charge is -2.36. The van der Waals surface area contributed by atoms with Crippen LogP contribution < -0.4 is 10.0 Å². The summed E-state index contributed by atoms with van der Waals surface area (Å²) in [5.41, 5.74) is 1.19. The Kier molecular flexibility index (Phi) is 6.99. The van der Waals surface area contributed by atoms with Gasteiger partial charge in [0.15, 0.2) is 0 Å². The van der Waals surface area contributed by atoms with Crippen molar-refractivity contribution < 1.29 is 13.2 Å². The molecule has 8 nitrogen and oxygen atoms in total. The maximum Gasteiger partial charge on any atom is 0.270 e. The number of nitrogens with one attached hydrogen (secondary N) is 3. The van der Waals surface area contributed by atoms with Crippen LogP contribution in [0.1, 0.15) is 35.9 Å². The molecule has 2 aromatic rings. The van der Waals surface area contributed by atoms with Gasteiger partial charge in [0.25, 0.3) is 5.91 Å². The molecule has 0 radical (unpaired) electrons. The highest BCUT2D eigenvalue weighted by molar-refractivity contribution is 7.89. The molecule has 0 aliphatic carbocycles. The van der Waals surface area contributed by atoms with E-state index in [1.165, 1.54) is 12.3 Å². The molecule has 1 aliphatic rings. The summed E-state index contributed by atoms with van der Waals surface area (Å²) in [5, 5.41) is 3.28. The summed E-state index contributed by atoms with van der Waals surface area (Å²) in [6.45, 7) is 5.33. The molecular weight excluding hydrogens is 390 g/mol. The number of piperazine rings is 1. The largest absolute Gasteiger partial charge is 0.356 e. The van der Waals surface area contributed by atoms with Crippen LogP contribution in [-0.2, 0) is 10.0 Å².